The molecule has 0 bridgehead atoms. The van der Waals surface area contributed by atoms with Crippen molar-refractivity contribution in [3.63, 3.8) is 0 Å². The second-order valence-electron chi connectivity index (χ2n) is 5.03. The van der Waals surface area contributed by atoms with Crippen LogP contribution in [-0.4, -0.2) is 17.8 Å². The van der Waals surface area contributed by atoms with E-state index in [0.29, 0.717) is 22.9 Å². The van der Waals surface area contributed by atoms with E-state index in [1.54, 1.807) is 6.07 Å². The van der Waals surface area contributed by atoms with Crippen LogP contribution in [0.25, 0.3) is 0 Å². The molecular weight excluding hydrogens is 305 g/mol. The molecular formula is C17H17Cl2NO. The van der Waals surface area contributed by atoms with Crippen LogP contribution in [0.4, 0.5) is 0 Å². The topological polar surface area (TPSA) is 29.1 Å². The summed E-state index contributed by atoms with van der Waals surface area (Å²) in [6.07, 6.45) is 0.704. The first kappa shape index (κ1) is 15.9. The molecule has 0 spiro atoms. The van der Waals surface area contributed by atoms with Gasteiger partial charge in [0.15, 0.2) is 0 Å². The average Bonchev–Trinajstić information content (AvgIpc) is 2.46. The van der Waals surface area contributed by atoms with Gasteiger partial charge in [-0.2, -0.15) is 0 Å². The predicted octanol–water partition coefficient (Wildman–Crippen LogP) is 4.23. The largest absolute Gasteiger partial charge is 0.348 e. The van der Waals surface area contributed by atoms with Crippen LogP contribution in [0.1, 0.15) is 21.5 Å². The van der Waals surface area contributed by atoms with Gasteiger partial charge in [0.1, 0.15) is 0 Å². The number of hydrogen-bond donors (Lipinski definition) is 1. The van der Waals surface area contributed by atoms with E-state index >= 15 is 0 Å². The number of nitrogens with one attached hydrogen (secondary N) is 1. The van der Waals surface area contributed by atoms with Crippen molar-refractivity contribution in [2.24, 2.45) is 0 Å². The van der Waals surface area contributed by atoms with Crippen LogP contribution in [0, 0.1) is 6.92 Å². The van der Waals surface area contributed by atoms with Crippen molar-refractivity contribution in [3.8, 4) is 0 Å². The Balaban J connectivity index is 2.05. The summed E-state index contributed by atoms with van der Waals surface area (Å²) >= 11 is 12.0. The number of rotatable bonds is 5. The second kappa shape index (κ2) is 7.48. The molecule has 1 N–H and O–H groups in total. The van der Waals surface area contributed by atoms with Gasteiger partial charge in [-0.25, -0.2) is 0 Å². The van der Waals surface area contributed by atoms with Gasteiger partial charge < -0.3 is 5.32 Å². The summed E-state index contributed by atoms with van der Waals surface area (Å²) < 4.78 is 0. The van der Waals surface area contributed by atoms with E-state index < -0.39 is 0 Å². The fourth-order valence-electron chi connectivity index (χ4n) is 2.18. The van der Waals surface area contributed by atoms with Gasteiger partial charge in [0.05, 0.1) is 0 Å². The molecule has 0 aliphatic rings. The lowest BCUT2D eigenvalue weighted by molar-refractivity contribution is 0.0940. The first-order valence-electron chi connectivity index (χ1n) is 6.76. The highest BCUT2D eigenvalue weighted by Gasteiger charge is 2.14. The average molecular weight is 322 g/mol. The Morgan fingerprint density at radius 1 is 1.19 bits per heavy atom. The van der Waals surface area contributed by atoms with Gasteiger partial charge in [-0.05, 0) is 42.7 Å². The third-order valence-corrected chi connectivity index (χ3v) is 3.74. The summed E-state index contributed by atoms with van der Waals surface area (Å²) in [5, 5.41) is 3.52. The SMILES string of the molecule is Cc1cc(Cl)cc(C(=O)NC(CCl)Cc2ccccc2)c1. The van der Waals surface area contributed by atoms with Crippen molar-refractivity contribution in [3.05, 3.63) is 70.2 Å². The molecule has 1 atom stereocenters. The minimum atomic E-state index is -0.151. The summed E-state index contributed by atoms with van der Waals surface area (Å²) in [7, 11) is 0. The molecule has 0 fully saturated rings. The number of aryl methyl sites for hydroxylation is 1. The molecule has 4 heteroatoms. The van der Waals surface area contributed by atoms with Gasteiger partial charge in [0, 0.05) is 22.5 Å². The zero-order chi connectivity index (χ0) is 15.2. The van der Waals surface area contributed by atoms with Crippen LogP contribution in [0.15, 0.2) is 48.5 Å². The molecule has 2 aromatic carbocycles. The standard InChI is InChI=1S/C17H17Cl2NO/c1-12-7-14(10-15(19)8-12)17(21)20-16(11-18)9-13-5-3-2-4-6-13/h2-8,10,16H,9,11H2,1H3,(H,20,21). The Kier molecular flexibility index (Phi) is 5.66. The minimum absolute atomic E-state index is 0.110. The molecule has 0 radical (unpaired) electrons. The molecule has 2 rings (SSSR count). The number of alkyl halides is 1. The van der Waals surface area contributed by atoms with Crippen molar-refractivity contribution in [2.45, 2.75) is 19.4 Å². The van der Waals surface area contributed by atoms with E-state index in [0.717, 1.165) is 11.1 Å². The van der Waals surface area contributed by atoms with Crippen LogP contribution in [0.2, 0.25) is 5.02 Å². The Hall–Kier alpha value is -1.51. The van der Waals surface area contributed by atoms with Crippen molar-refractivity contribution in [1.29, 1.82) is 0 Å². The van der Waals surface area contributed by atoms with Crippen LogP contribution in [0.5, 0.6) is 0 Å². The number of carbonyl (C=O) groups is 1. The van der Waals surface area contributed by atoms with Crippen molar-refractivity contribution < 1.29 is 4.79 Å². The lowest BCUT2D eigenvalue weighted by Gasteiger charge is -2.16. The highest BCUT2D eigenvalue weighted by atomic mass is 35.5. The zero-order valence-electron chi connectivity index (χ0n) is 11.8. The summed E-state index contributed by atoms with van der Waals surface area (Å²) in [6, 6.07) is 15.2. The Labute approximate surface area is 135 Å². The van der Waals surface area contributed by atoms with Crippen LogP contribution in [0.3, 0.4) is 0 Å². The van der Waals surface area contributed by atoms with E-state index in [9.17, 15) is 4.79 Å². The number of benzene rings is 2. The van der Waals surface area contributed by atoms with E-state index in [-0.39, 0.29) is 11.9 Å². The molecule has 110 valence electrons. The van der Waals surface area contributed by atoms with Gasteiger partial charge in [0.25, 0.3) is 5.91 Å². The third kappa shape index (κ3) is 4.76. The zero-order valence-corrected chi connectivity index (χ0v) is 13.3. The Morgan fingerprint density at radius 2 is 1.90 bits per heavy atom. The molecule has 0 aliphatic carbocycles. The molecule has 0 aromatic heterocycles. The number of carbonyl (C=O) groups excluding carboxylic acids is 1. The summed E-state index contributed by atoms with van der Waals surface area (Å²) in [6.45, 7) is 1.91. The first-order valence-corrected chi connectivity index (χ1v) is 7.67. The number of amides is 1. The van der Waals surface area contributed by atoms with Crippen molar-refractivity contribution in [2.75, 3.05) is 5.88 Å². The molecule has 0 heterocycles. The van der Waals surface area contributed by atoms with Gasteiger partial charge in [0.2, 0.25) is 0 Å². The summed E-state index contributed by atoms with van der Waals surface area (Å²) in [5.41, 5.74) is 2.66. The van der Waals surface area contributed by atoms with Crippen LogP contribution < -0.4 is 5.32 Å². The number of hydrogen-bond acceptors (Lipinski definition) is 1. The highest BCUT2D eigenvalue weighted by molar-refractivity contribution is 6.31. The van der Waals surface area contributed by atoms with Gasteiger partial charge in [-0.3, -0.25) is 4.79 Å². The Morgan fingerprint density at radius 3 is 2.52 bits per heavy atom. The summed E-state index contributed by atoms with van der Waals surface area (Å²) in [5.74, 6) is 0.211. The number of halogens is 2. The van der Waals surface area contributed by atoms with Crippen molar-refractivity contribution in [1.82, 2.24) is 5.32 Å². The van der Waals surface area contributed by atoms with Gasteiger partial charge in [-0.1, -0.05) is 41.9 Å². The molecule has 21 heavy (non-hydrogen) atoms. The minimum Gasteiger partial charge on any atom is -0.348 e. The lowest BCUT2D eigenvalue weighted by Crippen LogP contribution is -2.37. The third-order valence-electron chi connectivity index (χ3n) is 3.15. The van der Waals surface area contributed by atoms with Gasteiger partial charge >= 0.3 is 0 Å². The van der Waals surface area contributed by atoms with Crippen LogP contribution >= 0.6 is 23.2 Å². The van der Waals surface area contributed by atoms with E-state index in [1.165, 1.54) is 0 Å². The maximum atomic E-state index is 12.3. The quantitative estimate of drug-likeness (QED) is 0.820. The first-order chi connectivity index (χ1) is 10.1. The van der Waals surface area contributed by atoms with E-state index in [1.807, 2.05) is 49.4 Å². The van der Waals surface area contributed by atoms with E-state index in [2.05, 4.69) is 5.32 Å². The van der Waals surface area contributed by atoms with Gasteiger partial charge in [-0.15, -0.1) is 11.6 Å². The fraction of sp³-hybridized carbons (Fsp3) is 0.235. The molecule has 1 amide bonds. The second-order valence-corrected chi connectivity index (χ2v) is 5.78. The highest BCUT2D eigenvalue weighted by Crippen LogP contribution is 2.15. The molecule has 0 saturated carbocycles. The maximum absolute atomic E-state index is 12.3. The molecule has 0 saturated heterocycles. The monoisotopic (exact) mass is 321 g/mol. The molecule has 1 unspecified atom stereocenters. The fourth-order valence-corrected chi connectivity index (χ4v) is 2.65. The van der Waals surface area contributed by atoms with Crippen LogP contribution in [-0.2, 0) is 6.42 Å². The van der Waals surface area contributed by atoms with E-state index in [4.69, 9.17) is 23.2 Å². The summed E-state index contributed by atoms with van der Waals surface area (Å²) in [4.78, 5) is 12.3. The normalized spacial score (nSPS) is 12.0. The molecule has 2 nitrogen and oxygen atoms in total. The Bertz CT molecular complexity index is 593. The van der Waals surface area contributed by atoms with Crippen molar-refractivity contribution >= 4 is 29.1 Å². The molecule has 0 aliphatic heterocycles. The predicted molar refractivity (Wildman–Crippen MR) is 88.3 cm³/mol. The maximum Gasteiger partial charge on any atom is 0.251 e. The smallest absolute Gasteiger partial charge is 0.251 e. The molecule has 2 aromatic rings. The lowest BCUT2D eigenvalue weighted by atomic mass is 10.1.